The third-order valence-corrected chi connectivity index (χ3v) is 2.91. The summed E-state index contributed by atoms with van der Waals surface area (Å²) >= 11 is 1.42. The number of aliphatic hydroxyl groups excluding tert-OH is 1. The van der Waals surface area contributed by atoms with Crippen LogP contribution in [0.25, 0.3) is 0 Å². The van der Waals surface area contributed by atoms with Crippen molar-refractivity contribution in [2.24, 2.45) is 0 Å². The van der Waals surface area contributed by atoms with E-state index in [4.69, 9.17) is 5.11 Å². The van der Waals surface area contributed by atoms with Crippen LogP contribution in [0.5, 0.6) is 0 Å². The van der Waals surface area contributed by atoms with Gasteiger partial charge < -0.3 is 10.0 Å². The van der Waals surface area contributed by atoms with E-state index >= 15 is 0 Å². The summed E-state index contributed by atoms with van der Waals surface area (Å²) in [5, 5.41) is 12.1. The summed E-state index contributed by atoms with van der Waals surface area (Å²) in [5.41, 5.74) is 0. The fourth-order valence-electron chi connectivity index (χ4n) is 0.915. The summed E-state index contributed by atoms with van der Waals surface area (Å²) in [6.45, 7) is 3.64. The second-order valence-electron chi connectivity index (χ2n) is 3.35. The molecule has 6 heteroatoms. The number of carbonyl (C=O) groups excluding carboxylic acids is 1. The largest absolute Gasteiger partial charge is 0.394 e. The molecule has 0 aliphatic rings. The zero-order chi connectivity index (χ0) is 11.4. The molecule has 0 fully saturated rings. The lowest BCUT2D eigenvalue weighted by atomic mass is 10.3. The summed E-state index contributed by atoms with van der Waals surface area (Å²) < 4.78 is 0. The Kier molecular flexibility index (Phi) is 4.05. The van der Waals surface area contributed by atoms with Gasteiger partial charge in [0.25, 0.3) is 0 Å². The lowest BCUT2D eigenvalue weighted by Crippen LogP contribution is -2.40. The maximum atomic E-state index is 11.6. The molecule has 0 aliphatic heterocycles. The molecule has 2 N–H and O–H groups in total. The summed E-state index contributed by atoms with van der Waals surface area (Å²) in [6.07, 6.45) is 1.70. The van der Waals surface area contributed by atoms with E-state index in [0.717, 1.165) is 4.88 Å². The zero-order valence-corrected chi connectivity index (χ0v) is 9.84. The fraction of sp³-hybridized carbons (Fsp3) is 0.556. The number of hydrogen-bond donors (Lipinski definition) is 2. The molecule has 0 saturated heterocycles. The van der Waals surface area contributed by atoms with Gasteiger partial charge in [-0.2, -0.15) is 0 Å². The molecule has 1 rings (SSSR count). The lowest BCUT2D eigenvalue weighted by molar-refractivity contribution is 0.166. The average molecular weight is 229 g/mol. The standard InChI is InChI=1S/C9H15N3O2S/c1-6(5-13)12(3)9(14)11-8-10-4-7(2)15-8/h4,6,13H,5H2,1-3H3,(H,10,11,14). The van der Waals surface area contributed by atoms with Crippen molar-refractivity contribution in [3.8, 4) is 0 Å². The second kappa shape index (κ2) is 5.09. The molecular weight excluding hydrogens is 214 g/mol. The van der Waals surface area contributed by atoms with Crippen LogP contribution < -0.4 is 5.32 Å². The number of anilines is 1. The molecule has 1 heterocycles. The van der Waals surface area contributed by atoms with E-state index in [0.29, 0.717) is 5.13 Å². The molecule has 1 aromatic heterocycles. The van der Waals surface area contributed by atoms with Crippen LogP contribution in [0.15, 0.2) is 6.20 Å². The monoisotopic (exact) mass is 229 g/mol. The van der Waals surface area contributed by atoms with Gasteiger partial charge in [0.1, 0.15) is 0 Å². The molecule has 15 heavy (non-hydrogen) atoms. The van der Waals surface area contributed by atoms with Gasteiger partial charge in [0.05, 0.1) is 12.6 Å². The Morgan fingerprint density at radius 2 is 2.47 bits per heavy atom. The van der Waals surface area contributed by atoms with Crippen LogP contribution in [-0.2, 0) is 0 Å². The maximum absolute atomic E-state index is 11.6. The Balaban J connectivity index is 2.55. The highest BCUT2D eigenvalue weighted by Crippen LogP contribution is 2.16. The van der Waals surface area contributed by atoms with Crippen molar-refractivity contribution < 1.29 is 9.90 Å². The summed E-state index contributed by atoms with van der Waals surface area (Å²) in [5.74, 6) is 0. The number of aliphatic hydroxyl groups is 1. The van der Waals surface area contributed by atoms with Crippen molar-refractivity contribution in [2.45, 2.75) is 19.9 Å². The Morgan fingerprint density at radius 1 is 1.80 bits per heavy atom. The van der Waals surface area contributed by atoms with Crippen LogP contribution >= 0.6 is 11.3 Å². The van der Waals surface area contributed by atoms with Crippen molar-refractivity contribution in [1.29, 1.82) is 0 Å². The van der Waals surface area contributed by atoms with Crippen LogP contribution in [-0.4, -0.2) is 40.7 Å². The Bertz CT molecular complexity index is 340. The number of thiazole rings is 1. The van der Waals surface area contributed by atoms with Gasteiger partial charge in [-0.3, -0.25) is 5.32 Å². The lowest BCUT2D eigenvalue weighted by Gasteiger charge is -2.22. The molecule has 0 saturated carbocycles. The molecule has 0 bridgehead atoms. The summed E-state index contributed by atoms with van der Waals surface area (Å²) in [6, 6.07) is -0.461. The first-order chi connectivity index (χ1) is 7.04. The van der Waals surface area contributed by atoms with Gasteiger partial charge in [-0.25, -0.2) is 9.78 Å². The van der Waals surface area contributed by atoms with E-state index in [1.807, 2.05) is 6.92 Å². The second-order valence-corrected chi connectivity index (χ2v) is 4.58. The van der Waals surface area contributed by atoms with E-state index in [1.165, 1.54) is 16.2 Å². The first-order valence-electron chi connectivity index (χ1n) is 4.61. The van der Waals surface area contributed by atoms with Crippen molar-refractivity contribution >= 4 is 22.5 Å². The smallest absolute Gasteiger partial charge is 0.323 e. The third kappa shape index (κ3) is 3.17. The molecule has 0 aromatic carbocycles. The molecule has 84 valence electrons. The Labute approximate surface area is 92.7 Å². The molecule has 0 radical (unpaired) electrons. The predicted molar refractivity (Wildman–Crippen MR) is 60.2 cm³/mol. The van der Waals surface area contributed by atoms with Gasteiger partial charge in [0.2, 0.25) is 0 Å². The molecule has 5 nitrogen and oxygen atoms in total. The van der Waals surface area contributed by atoms with Crippen molar-refractivity contribution in [2.75, 3.05) is 19.0 Å². The molecule has 0 aliphatic carbocycles. The molecule has 2 amide bonds. The number of likely N-dealkylation sites (N-methyl/N-ethyl adjacent to an activating group) is 1. The number of nitrogens with one attached hydrogen (secondary N) is 1. The van der Waals surface area contributed by atoms with Gasteiger partial charge in [-0.15, -0.1) is 11.3 Å². The number of aryl methyl sites for hydroxylation is 1. The first kappa shape index (κ1) is 11.9. The normalized spacial score (nSPS) is 12.3. The summed E-state index contributed by atoms with van der Waals surface area (Å²) in [4.78, 5) is 18.1. The van der Waals surface area contributed by atoms with Crippen LogP contribution in [0, 0.1) is 6.92 Å². The van der Waals surface area contributed by atoms with Crippen LogP contribution in [0.3, 0.4) is 0 Å². The predicted octanol–water partition coefficient (Wildman–Crippen LogP) is 1.30. The van der Waals surface area contributed by atoms with E-state index in [9.17, 15) is 4.79 Å². The van der Waals surface area contributed by atoms with Crippen LogP contribution in [0.2, 0.25) is 0 Å². The van der Waals surface area contributed by atoms with E-state index in [-0.39, 0.29) is 18.7 Å². The maximum Gasteiger partial charge on any atom is 0.323 e. The number of nitrogens with zero attached hydrogens (tertiary/aromatic N) is 2. The number of aromatic nitrogens is 1. The minimum absolute atomic E-state index is 0.0547. The molecule has 1 atom stereocenters. The highest BCUT2D eigenvalue weighted by atomic mass is 32.1. The van der Waals surface area contributed by atoms with Gasteiger partial charge in [0.15, 0.2) is 5.13 Å². The number of hydrogen-bond acceptors (Lipinski definition) is 4. The van der Waals surface area contributed by atoms with Crippen LogP contribution in [0.4, 0.5) is 9.93 Å². The van der Waals surface area contributed by atoms with Gasteiger partial charge in [-0.1, -0.05) is 0 Å². The van der Waals surface area contributed by atoms with Gasteiger partial charge >= 0.3 is 6.03 Å². The molecule has 1 unspecified atom stereocenters. The van der Waals surface area contributed by atoms with Gasteiger partial charge in [-0.05, 0) is 13.8 Å². The van der Waals surface area contributed by atoms with E-state index in [2.05, 4.69) is 10.3 Å². The molecular formula is C9H15N3O2S. The fourth-order valence-corrected chi connectivity index (χ4v) is 1.57. The molecule has 1 aromatic rings. The number of urea groups is 1. The zero-order valence-electron chi connectivity index (χ0n) is 9.02. The summed E-state index contributed by atoms with van der Waals surface area (Å²) in [7, 11) is 1.64. The molecule has 0 spiro atoms. The number of amides is 2. The van der Waals surface area contributed by atoms with Crippen LogP contribution in [0.1, 0.15) is 11.8 Å². The minimum atomic E-state index is -0.258. The average Bonchev–Trinajstić information content (AvgIpc) is 2.61. The minimum Gasteiger partial charge on any atom is -0.394 e. The van der Waals surface area contributed by atoms with Crippen molar-refractivity contribution in [3.63, 3.8) is 0 Å². The highest BCUT2D eigenvalue weighted by molar-refractivity contribution is 7.15. The first-order valence-corrected chi connectivity index (χ1v) is 5.43. The van der Waals surface area contributed by atoms with Gasteiger partial charge in [0, 0.05) is 18.1 Å². The quantitative estimate of drug-likeness (QED) is 0.821. The SMILES string of the molecule is Cc1cnc(NC(=O)N(C)C(C)CO)s1. The number of carbonyl (C=O) groups is 1. The highest BCUT2D eigenvalue weighted by Gasteiger charge is 2.15. The topological polar surface area (TPSA) is 65.5 Å². The van der Waals surface area contributed by atoms with E-state index in [1.54, 1.807) is 20.2 Å². The Hall–Kier alpha value is -1.14. The Morgan fingerprint density at radius 3 is 2.93 bits per heavy atom. The van der Waals surface area contributed by atoms with Crippen molar-refractivity contribution in [3.05, 3.63) is 11.1 Å². The van der Waals surface area contributed by atoms with Crippen molar-refractivity contribution in [1.82, 2.24) is 9.88 Å². The number of rotatable bonds is 3. The van der Waals surface area contributed by atoms with E-state index < -0.39 is 0 Å². The third-order valence-electron chi connectivity index (χ3n) is 2.08.